The molecule has 86 valence electrons. The summed E-state index contributed by atoms with van der Waals surface area (Å²) in [4.78, 5) is 11.1. The monoisotopic (exact) mass is 220 g/mol. The predicted molar refractivity (Wildman–Crippen MR) is 60.6 cm³/mol. The molecular formula is C13H16O3. The fraction of sp³-hybridized carbons (Fsp3) is 0.462. The van der Waals surface area contributed by atoms with Crippen LogP contribution in [0, 0.1) is 5.92 Å². The van der Waals surface area contributed by atoms with Crippen molar-refractivity contribution in [2.75, 3.05) is 0 Å². The molecule has 1 aliphatic rings. The van der Waals surface area contributed by atoms with Crippen molar-refractivity contribution in [3.8, 4) is 5.75 Å². The van der Waals surface area contributed by atoms with Crippen molar-refractivity contribution in [1.82, 2.24) is 0 Å². The van der Waals surface area contributed by atoms with Crippen LogP contribution in [0.2, 0.25) is 0 Å². The first kappa shape index (κ1) is 11.0. The molecule has 0 radical (unpaired) electrons. The Morgan fingerprint density at radius 2 is 2.31 bits per heavy atom. The van der Waals surface area contributed by atoms with Crippen LogP contribution in [0.4, 0.5) is 0 Å². The highest BCUT2D eigenvalue weighted by molar-refractivity contribution is 5.72. The zero-order chi connectivity index (χ0) is 11.7. The largest absolute Gasteiger partial charge is 0.508 e. The lowest BCUT2D eigenvalue weighted by molar-refractivity contribution is -0.142. The number of aromatic hydroxyl groups is 1. The highest BCUT2D eigenvalue weighted by Gasteiger charge is 2.33. The standard InChI is InChI=1S/C13H16O3/c1-2-8(13(15)16)10-6-7-11-9(10)4-3-5-12(11)14/h3-5,8,10,14H,2,6-7H2,1H3,(H,15,16). The third-order valence-corrected chi connectivity index (χ3v) is 3.54. The number of hydrogen-bond donors (Lipinski definition) is 2. The van der Waals surface area contributed by atoms with Gasteiger partial charge in [-0.05, 0) is 42.4 Å². The summed E-state index contributed by atoms with van der Waals surface area (Å²) in [5.74, 6) is -0.698. The zero-order valence-electron chi connectivity index (χ0n) is 9.31. The van der Waals surface area contributed by atoms with Gasteiger partial charge in [-0.1, -0.05) is 19.1 Å². The van der Waals surface area contributed by atoms with Crippen LogP contribution in [0.1, 0.15) is 36.8 Å². The van der Waals surface area contributed by atoms with E-state index in [9.17, 15) is 9.90 Å². The van der Waals surface area contributed by atoms with Gasteiger partial charge in [0, 0.05) is 0 Å². The molecule has 1 aromatic carbocycles. The average Bonchev–Trinajstić information content (AvgIpc) is 2.64. The quantitative estimate of drug-likeness (QED) is 0.823. The molecular weight excluding hydrogens is 204 g/mol. The molecule has 16 heavy (non-hydrogen) atoms. The number of carboxylic acid groups (broad SMARTS) is 1. The SMILES string of the molecule is CCC(C(=O)O)C1CCc2c(O)cccc21. The summed E-state index contributed by atoms with van der Waals surface area (Å²) in [6, 6.07) is 5.41. The zero-order valence-corrected chi connectivity index (χ0v) is 9.31. The van der Waals surface area contributed by atoms with Crippen LogP contribution >= 0.6 is 0 Å². The number of phenols is 1. The molecule has 0 amide bonds. The van der Waals surface area contributed by atoms with E-state index in [4.69, 9.17) is 5.11 Å². The Bertz CT molecular complexity index is 412. The van der Waals surface area contributed by atoms with Crippen LogP contribution in [-0.4, -0.2) is 16.2 Å². The first-order valence-corrected chi connectivity index (χ1v) is 5.68. The van der Waals surface area contributed by atoms with Crippen LogP contribution in [0.15, 0.2) is 18.2 Å². The van der Waals surface area contributed by atoms with E-state index in [1.807, 2.05) is 13.0 Å². The Morgan fingerprint density at radius 3 is 2.94 bits per heavy atom. The van der Waals surface area contributed by atoms with Gasteiger partial charge in [0.2, 0.25) is 0 Å². The molecule has 0 fully saturated rings. The summed E-state index contributed by atoms with van der Waals surface area (Å²) in [6.07, 6.45) is 2.25. The van der Waals surface area contributed by atoms with Crippen LogP contribution in [0.3, 0.4) is 0 Å². The van der Waals surface area contributed by atoms with Crippen molar-refractivity contribution in [2.24, 2.45) is 5.92 Å². The third-order valence-electron chi connectivity index (χ3n) is 3.54. The molecule has 1 aromatic rings. The van der Waals surface area contributed by atoms with Gasteiger partial charge < -0.3 is 10.2 Å². The molecule has 2 atom stereocenters. The fourth-order valence-corrected chi connectivity index (χ4v) is 2.72. The Balaban J connectivity index is 2.36. The molecule has 1 aliphatic carbocycles. The van der Waals surface area contributed by atoms with Gasteiger partial charge in [0.25, 0.3) is 0 Å². The highest BCUT2D eigenvalue weighted by atomic mass is 16.4. The highest BCUT2D eigenvalue weighted by Crippen LogP contribution is 2.42. The number of phenolic OH excluding ortho intramolecular Hbond substituents is 1. The number of rotatable bonds is 3. The van der Waals surface area contributed by atoms with Gasteiger partial charge in [-0.25, -0.2) is 0 Å². The Labute approximate surface area is 94.7 Å². The van der Waals surface area contributed by atoms with Crippen molar-refractivity contribution < 1.29 is 15.0 Å². The van der Waals surface area contributed by atoms with Crippen LogP contribution in [-0.2, 0) is 11.2 Å². The second-order valence-corrected chi connectivity index (χ2v) is 4.34. The van der Waals surface area contributed by atoms with E-state index in [1.165, 1.54) is 0 Å². The maximum Gasteiger partial charge on any atom is 0.307 e. The van der Waals surface area contributed by atoms with Crippen LogP contribution in [0.5, 0.6) is 5.75 Å². The summed E-state index contributed by atoms with van der Waals surface area (Å²) < 4.78 is 0. The van der Waals surface area contributed by atoms with Gasteiger partial charge >= 0.3 is 5.97 Å². The van der Waals surface area contributed by atoms with Crippen molar-refractivity contribution in [2.45, 2.75) is 32.1 Å². The predicted octanol–water partition coefficient (Wildman–Crippen LogP) is 2.53. The van der Waals surface area contributed by atoms with E-state index >= 15 is 0 Å². The first-order chi connectivity index (χ1) is 7.65. The summed E-state index contributed by atoms with van der Waals surface area (Å²) in [5, 5.41) is 18.9. The molecule has 2 unspecified atom stereocenters. The minimum absolute atomic E-state index is 0.0598. The Morgan fingerprint density at radius 1 is 1.56 bits per heavy atom. The van der Waals surface area contributed by atoms with Gasteiger partial charge in [0.1, 0.15) is 5.75 Å². The van der Waals surface area contributed by atoms with Gasteiger partial charge in [-0.3, -0.25) is 4.79 Å². The molecule has 0 aliphatic heterocycles. The lowest BCUT2D eigenvalue weighted by Crippen LogP contribution is -2.19. The van der Waals surface area contributed by atoms with E-state index in [0.29, 0.717) is 12.2 Å². The summed E-state index contributed by atoms with van der Waals surface area (Å²) in [6.45, 7) is 1.90. The summed E-state index contributed by atoms with van der Waals surface area (Å²) in [5.41, 5.74) is 1.96. The van der Waals surface area contributed by atoms with E-state index in [-0.39, 0.29) is 11.8 Å². The normalized spacial score (nSPS) is 20.4. The lowest BCUT2D eigenvalue weighted by Gasteiger charge is -2.18. The molecule has 0 bridgehead atoms. The molecule has 3 nitrogen and oxygen atoms in total. The van der Waals surface area contributed by atoms with Gasteiger partial charge in [0.15, 0.2) is 0 Å². The van der Waals surface area contributed by atoms with Crippen molar-refractivity contribution in [3.05, 3.63) is 29.3 Å². The number of hydrogen-bond acceptors (Lipinski definition) is 2. The van der Waals surface area contributed by atoms with E-state index in [0.717, 1.165) is 24.0 Å². The van der Waals surface area contributed by atoms with Crippen molar-refractivity contribution in [1.29, 1.82) is 0 Å². The molecule has 0 heterocycles. The first-order valence-electron chi connectivity index (χ1n) is 5.68. The molecule has 0 spiro atoms. The van der Waals surface area contributed by atoms with Crippen LogP contribution in [0.25, 0.3) is 0 Å². The van der Waals surface area contributed by atoms with Gasteiger partial charge in [-0.15, -0.1) is 0 Å². The molecule has 0 saturated heterocycles. The van der Waals surface area contributed by atoms with E-state index in [2.05, 4.69) is 0 Å². The topological polar surface area (TPSA) is 57.5 Å². The Hall–Kier alpha value is -1.51. The molecule has 0 aromatic heterocycles. The lowest BCUT2D eigenvalue weighted by atomic mass is 9.85. The van der Waals surface area contributed by atoms with Crippen LogP contribution < -0.4 is 0 Å². The second-order valence-electron chi connectivity index (χ2n) is 4.34. The number of benzene rings is 1. The summed E-state index contributed by atoms with van der Waals surface area (Å²) in [7, 11) is 0. The number of carboxylic acids is 1. The minimum Gasteiger partial charge on any atom is -0.508 e. The van der Waals surface area contributed by atoms with Gasteiger partial charge in [0.05, 0.1) is 5.92 Å². The molecule has 0 saturated carbocycles. The fourth-order valence-electron chi connectivity index (χ4n) is 2.72. The minimum atomic E-state index is -0.733. The maximum absolute atomic E-state index is 11.1. The van der Waals surface area contributed by atoms with Crippen molar-refractivity contribution in [3.63, 3.8) is 0 Å². The molecule has 3 heteroatoms. The Kier molecular flexibility index (Phi) is 2.86. The molecule has 2 rings (SSSR count). The number of aliphatic carboxylic acids is 1. The number of fused-ring (bicyclic) bond motifs is 1. The van der Waals surface area contributed by atoms with Crippen molar-refractivity contribution >= 4 is 5.97 Å². The van der Waals surface area contributed by atoms with E-state index < -0.39 is 5.97 Å². The second kappa shape index (κ2) is 4.16. The molecule has 2 N–H and O–H groups in total. The summed E-state index contributed by atoms with van der Waals surface area (Å²) >= 11 is 0. The third kappa shape index (κ3) is 1.66. The maximum atomic E-state index is 11.1. The van der Waals surface area contributed by atoms with Gasteiger partial charge in [-0.2, -0.15) is 0 Å². The average molecular weight is 220 g/mol. The smallest absolute Gasteiger partial charge is 0.307 e. The number of carbonyl (C=O) groups is 1. The van der Waals surface area contributed by atoms with E-state index in [1.54, 1.807) is 12.1 Å².